The molecule has 0 radical (unpaired) electrons. The van der Waals surface area contributed by atoms with Gasteiger partial charge in [-0.2, -0.15) is 0 Å². The van der Waals surface area contributed by atoms with Gasteiger partial charge in [-0.3, -0.25) is 9.59 Å². The lowest BCUT2D eigenvalue weighted by molar-refractivity contribution is -0.135. The fourth-order valence-electron chi connectivity index (χ4n) is 9.22. The summed E-state index contributed by atoms with van der Waals surface area (Å²) in [4.78, 5) is 72.0. The van der Waals surface area contributed by atoms with Crippen molar-refractivity contribution in [3.05, 3.63) is 114 Å². The van der Waals surface area contributed by atoms with Gasteiger partial charge in [-0.05, 0) is 77.4 Å². The second-order valence-corrected chi connectivity index (χ2v) is 16.6. The summed E-state index contributed by atoms with van der Waals surface area (Å²) in [5.74, 6) is 1.75. The number of likely N-dealkylation sites (tertiary alicyclic amines) is 2. The molecule has 4 aromatic carbocycles. The van der Waals surface area contributed by atoms with Crippen molar-refractivity contribution in [3.8, 4) is 39.4 Å². The molecule has 2 fully saturated rings. The first kappa shape index (κ1) is 41.2. The third-order valence-electron chi connectivity index (χ3n) is 12.5. The highest BCUT2D eigenvalue weighted by molar-refractivity contribution is 5.98. The van der Waals surface area contributed by atoms with Gasteiger partial charge in [0.15, 0.2) is 0 Å². The minimum absolute atomic E-state index is 0.117. The number of imidazole rings is 2. The third kappa shape index (κ3) is 7.94. The van der Waals surface area contributed by atoms with E-state index in [1.54, 1.807) is 11.1 Å². The number of alkyl carbamates (subject to hydrolysis) is 2. The number of rotatable bonds is 10. The number of carbonyl (C=O) groups excluding carboxylic acids is 4. The van der Waals surface area contributed by atoms with Crippen LogP contribution in [0.3, 0.4) is 0 Å². The van der Waals surface area contributed by atoms with Gasteiger partial charge in [0.25, 0.3) is 5.91 Å². The number of aromatic amines is 2. The molecule has 5 heterocycles. The van der Waals surface area contributed by atoms with E-state index >= 15 is 0 Å². The highest BCUT2D eigenvalue weighted by Crippen LogP contribution is 2.44. The maximum absolute atomic E-state index is 14.0. The zero-order valence-corrected chi connectivity index (χ0v) is 35.6. The lowest BCUT2D eigenvalue weighted by Gasteiger charge is -2.30. The molecular formula is C48H50N8O7. The number of benzene rings is 4. The van der Waals surface area contributed by atoms with Crippen molar-refractivity contribution >= 4 is 34.8 Å². The maximum atomic E-state index is 14.0. The van der Waals surface area contributed by atoms with Gasteiger partial charge in [-0.15, -0.1) is 0 Å². The molecule has 2 saturated heterocycles. The van der Waals surface area contributed by atoms with Crippen LogP contribution in [-0.4, -0.2) is 87.1 Å². The zero-order chi connectivity index (χ0) is 43.8. The number of hydrogen-bond donors (Lipinski definition) is 4. The lowest BCUT2D eigenvalue weighted by Crippen LogP contribution is -2.51. The van der Waals surface area contributed by atoms with E-state index in [2.05, 4.69) is 69.1 Å². The van der Waals surface area contributed by atoms with Crippen molar-refractivity contribution in [2.24, 2.45) is 5.92 Å². The Bertz CT molecular complexity index is 2690. The first-order valence-electron chi connectivity index (χ1n) is 21.4. The number of methoxy groups -OCH3 is 2. The van der Waals surface area contributed by atoms with Crippen LogP contribution in [0.1, 0.15) is 80.4 Å². The Morgan fingerprint density at radius 1 is 0.730 bits per heavy atom. The van der Waals surface area contributed by atoms with Gasteiger partial charge in [0, 0.05) is 29.6 Å². The van der Waals surface area contributed by atoms with E-state index in [0.29, 0.717) is 36.9 Å². The number of fused-ring (bicyclic) bond motifs is 5. The summed E-state index contributed by atoms with van der Waals surface area (Å²) in [7, 11) is 2.57. The number of amides is 4. The van der Waals surface area contributed by atoms with Crippen molar-refractivity contribution in [1.82, 2.24) is 40.4 Å². The summed E-state index contributed by atoms with van der Waals surface area (Å²) in [5, 5.41) is 7.45. The Morgan fingerprint density at radius 3 is 1.98 bits per heavy atom. The molecule has 63 heavy (non-hydrogen) atoms. The molecule has 3 aliphatic heterocycles. The number of ether oxygens (including phenoxy) is 3. The van der Waals surface area contributed by atoms with Crippen molar-refractivity contribution in [1.29, 1.82) is 0 Å². The number of nitrogens with zero attached hydrogens (tertiary/aromatic N) is 4. The van der Waals surface area contributed by atoms with Crippen LogP contribution < -0.4 is 15.4 Å². The quantitative estimate of drug-likeness (QED) is 0.106. The predicted molar refractivity (Wildman–Crippen MR) is 235 cm³/mol. The average Bonchev–Trinajstić information content (AvgIpc) is 4.16. The number of H-pyrrole nitrogens is 2. The molecule has 3 aliphatic rings. The number of aromatic nitrogens is 4. The minimum Gasteiger partial charge on any atom is -0.488 e. The minimum atomic E-state index is -0.891. The summed E-state index contributed by atoms with van der Waals surface area (Å²) in [6.45, 7) is 5.33. The normalized spacial score (nSPS) is 17.7. The van der Waals surface area contributed by atoms with E-state index in [4.69, 9.17) is 24.2 Å². The molecule has 4 amide bonds. The molecular weight excluding hydrogens is 801 g/mol. The second kappa shape index (κ2) is 17.3. The highest BCUT2D eigenvalue weighted by atomic mass is 16.5. The van der Waals surface area contributed by atoms with Crippen LogP contribution in [0.25, 0.3) is 44.4 Å². The molecule has 2 aromatic heterocycles. The summed E-state index contributed by atoms with van der Waals surface area (Å²) >= 11 is 0. The largest absolute Gasteiger partial charge is 0.488 e. The van der Waals surface area contributed by atoms with E-state index in [9.17, 15) is 19.2 Å². The molecule has 0 aliphatic carbocycles. The number of carbonyl (C=O) groups is 4. The Hall–Kier alpha value is -7.16. The number of nitrogens with one attached hydrogen (secondary N) is 4. The molecule has 0 bridgehead atoms. The SMILES string of the molecule is COC(=O)N[C@H](C(=O)N1CCC[C@H]1c1ncc(-c2ccc3c(c2)COc2c-3ccc3cc(-c4cnc([C@@H]5CCCN5C(=O)[C@H](NC(=O)OC)c5ccccc5)[nH]4)ccc23)[nH]1)C(C)C. The fourth-order valence-corrected chi connectivity index (χ4v) is 9.22. The topological polar surface area (TPSA) is 184 Å². The zero-order valence-electron chi connectivity index (χ0n) is 35.6. The highest BCUT2D eigenvalue weighted by Gasteiger charge is 2.39. The van der Waals surface area contributed by atoms with Crippen molar-refractivity contribution < 1.29 is 33.4 Å². The van der Waals surface area contributed by atoms with Crippen LogP contribution in [0.5, 0.6) is 5.75 Å². The van der Waals surface area contributed by atoms with E-state index in [-0.39, 0.29) is 29.8 Å². The van der Waals surface area contributed by atoms with Gasteiger partial charge < -0.3 is 44.6 Å². The first-order chi connectivity index (χ1) is 30.6. The third-order valence-corrected chi connectivity index (χ3v) is 12.5. The lowest BCUT2D eigenvalue weighted by atomic mass is 9.92. The van der Waals surface area contributed by atoms with Gasteiger partial charge in [-0.25, -0.2) is 19.6 Å². The van der Waals surface area contributed by atoms with E-state index in [0.717, 1.165) is 81.4 Å². The Morgan fingerprint density at radius 2 is 1.33 bits per heavy atom. The Balaban J connectivity index is 0.914. The van der Waals surface area contributed by atoms with Crippen LogP contribution in [-0.2, 0) is 25.7 Å². The van der Waals surface area contributed by atoms with Crippen molar-refractivity contribution in [2.75, 3.05) is 27.3 Å². The molecule has 9 rings (SSSR count). The maximum Gasteiger partial charge on any atom is 0.407 e. The van der Waals surface area contributed by atoms with Gasteiger partial charge in [-0.1, -0.05) is 74.5 Å². The van der Waals surface area contributed by atoms with E-state index < -0.39 is 24.3 Å². The second-order valence-electron chi connectivity index (χ2n) is 16.6. The molecule has 0 spiro atoms. The molecule has 0 unspecified atom stereocenters. The summed E-state index contributed by atoms with van der Waals surface area (Å²) in [5.41, 5.74) is 7.44. The van der Waals surface area contributed by atoms with Crippen LogP contribution in [0, 0.1) is 5.92 Å². The fraction of sp³-hybridized carbons (Fsp3) is 0.333. The van der Waals surface area contributed by atoms with Crippen LogP contribution in [0.2, 0.25) is 0 Å². The van der Waals surface area contributed by atoms with Gasteiger partial charge in [0.05, 0.1) is 50.1 Å². The first-order valence-corrected chi connectivity index (χ1v) is 21.4. The van der Waals surface area contributed by atoms with Crippen LogP contribution in [0.4, 0.5) is 9.59 Å². The van der Waals surface area contributed by atoms with Crippen LogP contribution in [0.15, 0.2) is 91.3 Å². The standard InChI is InChI=1S/C48H50N8O7/c1-27(2)40(53-47(59)61-3)45(57)55-20-8-12-38(55)43-50-25-37(52-43)31-15-17-33-32(23-31)26-63-42-34-18-16-30(22-29(34)14-19-35(33)42)36-24-49-44(51-36)39-13-9-21-56(39)46(58)41(54-48(60)62-4)28-10-6-5-7-11-28/h5-7,10-11,14-19,22-25,27,38-41H,8-9,12-13,20-21,26H2,1-4H3,(H,49,51)(H,50,52)(H,53,59)(H,54,60)/t38-,39-,40-,41+/m0/s1. The van der Waals surface area contributed by atoms with Gasteiger partial charge in [0.1, 0.15) is 36.1 Å². The smallest absolute Gasteiger partial charge is 0.407 e. The Labute approximate surface area is 364 Å². The molecule has 0 saturated carbocycles. The molecule has 4 N–H and O–H groups in total. The van der Waals surface area contributed by atoms with E-state index in [1.165, 1.54) is 14.2 Å². The summed E-state index contributed by atoms with van der Waals surface area (Å²) in [6, 6.07) is 23.9. The summed E-state index contributed by atoms with van der Waals surface area (Å²) in [6.07, 6.45) is 5.47. The number of hydrogen-bond acceptors (Lipinski definition) is 9. The monoisotopic (exact) mass is 850 g/mol. The molecule has 324 valence electrons. The van der Waals surface area contributed by atoms with Crippen molar-refractivity contribution in [3.63, 3.8) is 0 Å². The Kier molecular flexibility index (Phi) is 11.3. The average molecular weight is 851 g/mol. The molecule has 6 aromatic rings. The van der Waals surface area contributed by atoms with Gasteiger partial charge in [0.2, 0.25) is 5.91 Å². The van der Waals surface area contributed by atoms with Crippen LogP contribution >= 0.6 is 0 Å². The molecule has 4 atom stereocenters. The summed E-state index contributed by atoms with van der Waals surface area (Å²) < 4.78 is 16.1. The predicted octanol–water partition coefficient (Wildman–Crippen LogP) is 7.98. The van der Waals surface area contributed by atoms with E-state index in [1.807, 2.05) is 55.3 Å². The van der Waals surface area contributed by atoms with Crippen molar-refractivity contribution in [2.45, 2.75) is 70.3 Å². The molecule has 15 nitrogen and oxygen atoms in total. The molecule has 15 heteroatoms. The van der Waals surface area contributed by atoms with Gasteiger partial charge >= 0.3 is 12.2 Å².